The first-order valence-corrected chi connectivity index (χ1v) is 6.67. The first-order valence-electron chi connectivity index (χ1n) is 5.06. The number of nitrogens with zero attached hydrogens (tertiary/aromatic N) is 1. The van der Waals surface area contributed by atoms with Crippen molar-refractivity contribution in [1.29, 1.82) is 0 Å². The highest BCUT2D eigenvalue weighted by Gasteiger charge is 2.02. The van der Waals surface area contributed by atoms with Crippen molar-refractivity contribution in [3.05, 3.63) is 44.3 Å². The Hall–Kier alpha value is -0.870. The molecular formula is C12H13BrN2S. The lowest BCUT2D eigenvalue weighted by Gasteiger charge is -2.05. The monoisotopic (exact) mass is 296 g/mol. The summed E-state index contributed by atoms with van der Waals surface area (Å²) in [6.07, 6.45) is 1.83. The van der Waals surface area contributed by atoms with Crippen molar-refractivity contribution in [1.82, 2.24) is 4.98 Å². The summed E-state index contributed by atoms with van der Waals surface area (Å²) >= 11 is 5.16. The molecule has 2 aromatic rings. The molecule has 0 amide bonds. The van der Waals surface area contributed by atoms with Crippen LogP contribution in [-0.2, 0) is 6.54 Å². The van der Waals surface area contributed by atoms with Crippen LogP contribution >= 0.6 is 27.3 Å². The van der Waals surface area contributed by atoms with Gasteiger partial charge in [0.25, 0.3) is 0 Å². The zero-order valence-corrected chi connectivity index (χ0v) is 11.7. The molecule has 4 heteroatoms. The number of thiophene rings is 1. The number of hydrogen-bond acceptors (Lipinski definition) is 3. The predicted octanol–water partition coefficient (Wildman–Crippen LogP) is 4.13. The van der Waals surface area contributed by atoms with Crippen molar-refractivity contribution >= 4 is 33.0 Å². The fourth-order valence-electron chi connectivity index (χ4n) is 1.54. The van der Waals surface area contributed by atoms with Gasteiger partial charge in [-0.1, -0.05) is 0 Å². The van der Waals surface area contributed by atoms with Gasteiger partial charge in [0.15, 0.2) is 0 Å². The highest BCUT2D eigenvalue weighted by Crippen LogP contribution is 2.21. The van der Waals surface area contributed by atoms with Crippen molar-refractivity contribution < 1.29 is 0 Å². The van der Waals surface area contributed by atoms with Crippen LogP contribution in [0, 0.1) is 13.8 Å². The first kappa shape index (κ1) is 11.6. The van der Waals surface area contributed by atoms with Gasteiger partial charge in [-0.05, 0) is 53.5 Å². The second kappa shape index (κ2) is 4.97. The van der Waals surface area contributed by atoms with Crippen LogP contribution < -0.4 is 5.32 Å². The molecule has 2 heterocycles. The molecule has 84 valence electrons. The number of nitrogens with one attached hydrogen (secondary N) is 1. The average molecular weight is 297 g/mol. The zero-order chi connectivity index (χ0) is 11.5. The van der Waals surface area contributed by atoms with Crippen LogP contribution in [0.2, 0.25) is 0 Å². The minimum absolute atomic E-state index is 0.861. The fourth-order valence-corrected chi connectivity index (χ4v) is 2.72. The first-order chi connectivity index (χ1) is 7.65. The van der Waals surface area contributed by atoms with Gasteiger partial charge in [0.2, 0.25) is 0 Å². The Kier molecular flexibility index (Phi) is 3.61. The van der Waals surface area contributed by atoms with Gasteiger partial charge in [-0.2, -0.15) is 0 Å². The summed E-state index contributed by atoms with van der Waals surface area (Å²) in [6.45, 7) is 5.16. The molecule has 0 atom stereocenters. The van der Waals surface area contributed by atoms with E-state index >= 15 is 0 Å². The maximum Gasteiger partial charge on any atom is 0.106 e. The fraction of sp³-hybridized carbons (Fsp3) is 0.250. The Morgan fingerprint density at radius 1 is 1.38 bits per heavy atom. The summed E-state index contributed by atoms with van der Waals surface area (Å²) < 4.78 is 0.862. The van der Waals surface area contributed by atoms with Crippen molar-refractivity contribution in [2.45, 2.75) is 20.4 Å². The van der Waals surface area contributed by atoms with E-state index in [2.05, 4.69) is 46.1 Å². The number of anilines is 1. The molecule has 2 rings (SSSR count). The zero-order valence-electron chi connectivity index (χ0n) is 9.25. The van der Waals surface area contributed by atoms with Crippen LogP contribution in [0.1, 0.15) is 15.3 Å². The number of pyridine rings is 1. The maximum atomic E-state index is 4.18. The summed E-state index contributed by atoms with van der Waals surface area (Å²) in [6, 6.07) is 6.19. The standard InChI is InChI=1S/C12H13BrN2S/c1-8-5-10(9(2)16-8)6-14-11-3-4-12(13)15-7-11/h3-5,7,14H,6H2,1-2H3. The summed E-state index contributed by atoms with van der Waals surface area (Å²) in [4.78, 5) is 6.92. The van der Waals surface area contributed by atoms with Gasteiger partial charge in [-0.3, -0.25) is 0 Å². The van der Waals surface area contributed by atoms with Crippen LogP contribution in [0.25, 0.3) is 0 Å². The molecular weight excluding hydrogens is 284 g/mol. The molecule has 0 aliphatic rings. The third-order valence-corrected chi connectivity index (χ3v) is 3.83. The van der Waals surface area contributed by atoms with E-state index in [0.29, 0.717) is 0 Å². The molecule has 2 nitrogen and oxygen atoms in total. The van der Waals surface area contributed by atoms with Crippen molar-refractivity contribution in [3.63, 3.8) is 0 Å². The third kappa shape index (κ3) is 2.83. The second-order valence-corrected chi connectivity index (χ2v) is 5.93. The molecule has 0 aromatic carbocycles. The molecule has 0 saturated heterocycles. The van der Waals surface area contributed by atoms with Gasteiger partial charge in [0.1, 0.15) is 4.60 Å². The SMILES string of the molecule is Cc1cc(CNc2ccc(Br)nc2)c(C)s1. The second-order valence-electron chi connectivity index (χ2n) is 3.66. The highest BCUT2D eigenvalue weighted by atomic mass is 79.9. The number of aryl methyl sites for hydroxylation is 2. The van der Waals surface area contributed by atoms with E-state index in [1.807, 2.05) is 29.7 Å². The van der Waals surface area contributed by atoms with Gasteiger partial charge < -0.3 is 5.32 Å². The summed E-state index contributed by atoms with van der Waals surface area (Å²) in [7, 11) is 0. The van der Waals surface area contributed by atoms with Crippen molar-refractivity contribution in [3.8, 4) is 0 Å². The molecule has 0 spiro atoms. The van der Waals surface area contributed by atoms with E-state index in [0.717, 1.165) is 16.8 Å². The molecule has 0 saturated carbocycles. The lowest BCUT2D eigenvalue weighted by Crippen LogP contribution is -1.99. The third-order valence-electron chi connectivity index (χ3n) is 2.35. The minimum Gasteiger partial charge on any atom is -0.380 e. The molecule has 1 N–H and O–H groups in total. The Bertz CT molecular complexity index is 476. The van der Waals surface area contributed by atoms with Crippen molar-refractivity contribution in [2.24, 2.45) is 0 Å². The van der Waals surface area contributed by atoms with Gasteiger partial charge in [-0.25, -0.2) is 4.98 Å². The van der Waals surface area contributed by atoms with Crippen LogP contribution in [0.4, 0.5) is 5.69 Å². The molecule has 0 bridgehead atoms. The number of rotatable bonds is 3. The molecule has 0 aliphatic carbocycles. The summed E-state index contributed by atoms with van der Waals surface area (Å²) in [5, 5.41) is 3.37. The maximum absolute atomic E-state index is 4.18. The number of hydrogen-bond donors (Lipinski definition) is 1. The van der Waals surface area contributed by atoms with Gasteiger partial charge in [-0.15, -0.1) is 11.3 Å². The molecule has 16 heavy (non-hydrogen) atoms. The lowest BCUT2D eigenvalue weighted by molar-refractivity contribution is 1.13. The number of halogens is 1. The van der Waals surface area contributed by atoms with E-state index in [4.69, 9.17) is 0 Å². The summed E-state index contributed by atoms with van der Waals surface area (Å²) in [5.74, 6) is 0. The number of aromatic nitrogens is 1. The molecule has 0 radical (unpaired) electrons. The smallest absolute Gasteiger partial charge is 0.106 e. The predicted molar refractivity (Wildman–Crippen MR) is 73.1 cm³/mol. The Morgan fingerprint density at radius 2 is 2.19 bits per heavy atom. The average Bonchev–Trinajstić information content (AvgIpc) is 2.57. The Labute approximate surface area is 108 Å². The van der Waals surface area contributed by atoms with Crippen LogP contribution in [0.15, 0.2) is 29.0 Å². The van der Waals surface area contributed by atoms with Gasteiger partial charge in [0, 0.05) is 16.3 Å². The lowest BCUT2D eigenvalue weighted by atomic mass is 10.2. The van der Waals surface area contributed by atoms with E-state index in [1.165, 1.54) is 15.3 Å². The normalized spacial score (nSPS) is 10.4. The highest BCUT2D eigenvalue weighted by molar-refractivity contribution is 9.10. The largest absolute Gasteiger partial charge is 0.380 e. The summed E-state index contributed by atoms with van der Waals surface area (Å²) in [5.41, 5.74) is 2.41. The molecule has 2 aromatic heterocycles. The van der Waals surface area contributed by atoms with Crippen molar-refractivity contribution in [2.75, 3.05) is 5.32 Å². The van der Waals surface area contributed by atoms with Gasteiger partial charge in [0.05, 0.1) is 11.9 Å². The van der Waals surface area contributed by atoms with E-state index in [9.17, 15) is 0 Å². The van der Waals surface area contributed by atoms with E-state index < -0.39 is 0 Å². The Morgan fingerprint density at radius 3 is 2.75 bits per heavy atom. The molecule has 0 aliphatic heterocycles. The minimum atomic E-state index is 0.861. The Balaban J connectivity index is 2.02. The van der Waals surface area contributed by atoms with Crippen LogP contribution in [0.3, 0.4) is 0 Å². The topological polar surface area (TPSA) is 24.9 Å². The van der Waals surface area contributed by atoms with Crippen LogP contribution in [-0.4, -0.2) is 4.98 Å². The van der Waals surface area contributed by atoms with Gasteiger partial charge >= 0.3 is 0 Å². The van der Waals surface area contributed by atoms with Crippen LogP contribution in [0.5, 0.6) is 0 Å². The molecule has 0 unspecified atom stereocenters. The molecule has 0 fully saturated rings. The quantitative estimate of drug-likeness (QED) is 0.861. The van der Waals surface area contributed by atoms with E-state index in [1.54, 1.807) is 0 Å². The van der Waals surface area contributed by atoms with E-state index in [-0.39, 0.29) is 0 Å².